The Balaban J connectivity index is 0.000000195. The first-order valence-electron chi connectivity index (χ1n) is 23.9. The Labute approximate surface area is 405 Å². The Morgan fingerprint density at radius 2 is 1.13 bits per heavy atom. The van der Waals surface area contributed by atoms with Crippen LogP contribution in [0.2, 0.25) is 5.15 Å². The molecule has 69 heavy (non-hydrogen) atoms. The molecule has 20 nitrogen and oxygen atoms in total. The average molecular weight is 974 g/mol. The van der Waals surface area contributed by atoms with Gasteiger partial charge in [0.1, 0.15) is 22.6 Å². The van der Waals surface area contributed by atoms with Crippen molar-refractivity contribution in [1.29, 1.82) is 0 Å². The molecule has 0 unspecified atom stereocenters. The van der Waals surface area contributed by atoms with E-state index in [4.69, 9.17) is 26.8 Å². The number of carbonyl (C=O) groups is 2. The lowest BCUT2D eigenvalue weighted by atomic mass is 10.1. The van der Waals surface area contributed by atoms with Gasteiger partial charge in [-0.25, -0.2) is 29.5 Å². The molecule has 0 saturated carbocycles. The fourth-order valence-corrected chi connectivity index (χ4v) is 8.64. The van der Waals surface area contributed by atoms with Gasteiger partial charge in [-0.3, -0.25) is 37.4 Å². The minimum absolute atomic E-state index is 0.217. The zero-order valence-corrected chi connectivity index (χ0v) is 41.0. The molecule has 4 aliphatic heterocycles. The van der Waals surface area contributed by atoms with Crippen LogP contribution in [0, 0.1) is 0 Å². The molecule has 0 bridgehead atoms. The minimum atomic E-state index is -0.346. The van der Waals surface area contributed by atoms with E-state index in [9.17, 15) is 28.8 Å². The molecule has 2 saturated heterocycles. The van der Waals surface area contributed by atoms with E-state index < -0.39 is 0 Å². The van der Waals surface area contributed by atoms with Crippen LogP contribution in [0.25, 0.3) is 0 Å². The SMILES string of the molecule is CCCn1c2c(c(=O)n(CCOC)c1=O)CC(c1ccc(Cl)nc1)=N2.CCCn1c2c(c(=O)n(CCOC)c1=O)CC(c1ccc(NCCCN3CCCC3=O)nc1)=N2.NCCCN1CCCC1=O. The normalized spacial score (nSPS) is 14.8. The predicted octanol–water partition coefficient (Wildman–Crippen LogP) is 3.31. The second-order valence-corrected chi connectivity index (χ2v) is 17.4. The van der Waals surface area contributed by atoms with Crippen LogP contribution in [-0.2, 0) is 58.1 Å². The molecule has 8 heterocycles. The lowest BCUT2D eigenvalue weighted by molar-refractivity contribution is -0.128. The molecule has 0 atom stereocenters. The molecule has 4 aromatic rings. The number of amides is 2. The highest BCUT2D eigenvalue weighted by Crippen LogP contribution is 2.27. The second-order valence-electron chi connectivity index (χ2n) is 17.0. The molecule has 2 fully saturated rings. The molecule has 4 aliphatic rings. The van der Waals surface area contributed by atoms with Crippen LogP contribution in [0.1, 0.15) is 87.5 Å². The number of nitrogens with zero attached hydrogens (tertiary/aromatic N) is 10. The topological polar surface area (TPSA) is 236 Å². The number of methoxy groups -OCH3 is 2. The standard InChI is InChI=1S/C24H32N6O4.C17H19ClN4O3.C7H14N2O/c1-3-10-29-22-18(23(32)30(24(29)33)13-14-34-2)15-19(27-22)17-7-8-20(26-16-17)25-9-5-12-28-11-4-6-21(28)31;1-3-6-21-15-12(16(23)22(17(21)24)7-8-25-2)9-13(20-15)11-4-5-14(18)19-10-11;8-4-2-6-9-5-1-3-7(9)10/h7-8,16H,3-6,9-15H2,1-2H3,(H,25,26);4-5,10H,3,6-9H2,1-2H3;1-6,8H2. The summed E-state index contributed by atoms with van der Waals surface area (Å²) in [4.78, 5) is 95.6. The Morgan fingerprint density at radius 1 is 0.638 bits per heavy atom. The third-order valence-electron chi connectivity index (χ3n) is 12.1. The maximum absolute atomic E-state index is 13.0. The van der Waals surface area contributed by atoms with Gasteiger partial charge < -0.3 is 30.3 Å². The number of pyridine rings is 2. The maximum atomic E-state index is 13.0. The minimum Gasteiger partial charge on any atom is -0.383 e. The van der Waals surface area contributed by atoms with Crippen LogP contribution < -0.4 is 33.5 Å². The number of carbonyl (C=O) groups excluding carboxylic acids is 2. The van der Waals surface area contributed by atoms with E-state index in [1.54, 1.807) is 34.7 Å². The molecule has 8 rings (SSSR count). The van der Waals surface area contributed by atoms with Crippen LogP contribution in [0.4, 0.5) is 17.5 Å². The van der Waals surface area contributed by atoms with Crippen molar-refractivity contribution in [3.63, 3.8) is 0 Å². The third kappa shape index (κ3) is 13.0. The molecule has 0 spiro atoms. The van der Waals surface area contributed by atoms with E-state index in [2.05, 4.69) is 25.3 Å². The number of aliphatic imine (C=N–C) groups is 2. The van der Waals surface area contributed by atoms with Gasteiger partial charge in [0, 0.05) is 109 Å². The summed E-state index contributed by atoms with van der Waals surface area (Å²) in [5.74, 6) is 2.20. The van der Waals surface area contributed by atoms with Crippen LogP contribution in [0.5, 0.6) is 0 Å². The van der Waals surface area contributed by atoms with E-state index in [1.165, 1.54) is 16.2 Å². The number of hydrogen-bond acceptors (Lipinski definition) is 14. The molecule has 0 aliphatic carbocycles. The van der Waals surface area contributed by atoms with Crippen molar-refractivity contribution >= 4 is 52.3 Å². The lowest BCUT2D eigenvalue weighted by Gasteiger charge is -2.15. The Kier molecular flexibility index (Phi) is 19.3. The number of aromatic nitrogens is 6. The van der Waals surface area contributed by atoms with Crippen molar-refractivity contribution in [2.45, 2.75) is 104 Å². The molecule has 0 aromatic carbocycles. The van der Waals surface area contributed by atoms with Gasteiger partial charge in [0.2, 0.25) is 11.8 Å². The fourth-order valence-electron chi connectivity index (χ4n) is 8.53. The molecule has 4 aromatic heterocycles. The van der Waals surface area contributed by atoms with Gasteiger partial charge in [0.25, 0.3) is 11.1 Å². The average Bonchev–Trinajstić information content (AvgIpc) is 4.18. The number of rotatable bonds is 20. The maximum Gasteiger partial charge on any atom is 0.332 e. The van der Waals surface area contributed by atoms with Gasteiger partial charge in [0.15, 0.2) is 0 Å². The summed E-state index contributed by atoms with van der Waals surface area (Å²) in [6.45, 7) is 10.8. The van der Waals surface area contributed by atoms with E-state index >= 15 is 0 Å². The first-order chi connectivity index (χ1) is 33.4. The Morgan fingerprint density at radius 3 is 1.54 bits per heavy atom. The van der Waals surface area contributed by atoms with E-state index in [-0.39, 0.29) is 41.5 Å². The zero-order chi connectivity index (χ0) is 49.5. The van der Waals surface area contributed by atoms with Crippen molar-refractivity contribution in [3.05, 3.63) is 106 Å². The Hall–Kier alpha value is -6.09. The molecular formula is C48H65ClN12O8. The van der Waals surface area contributed by atoms with Gasteiger partial charge in [0.05, 0.1) is 48.9 Å². The fraction of sp³-hybridized carbons (Fsp3) is 0.542. The smallest absolute Gasteiger partial charge is 0.332 e. The predicted molar refractivity (Wildman–Crippen MR) is 266 cm³/mol. The van der Waals surface area contributed by atoms with Gasteiger partial charge in [-0.15, -0.1) is 0 Å². The van der Waals surface area contributed by atoms with E-state index in [0.717, 1.165) is 100 Å². The van der Waals surface area contributed by atoms with Gasteiger partial charge in [-0.05, 0) is 69.3 Å². The molecular weight excluding hydrogens is 908 g/mol. The van der Waals surface area contributed by atoms with Gasteiger partial charge >= 0.3 is 11.4 Å². The van der Waals surface area contributed by atoms with Crippen LogP contribution in [-0.4, -0.2) is 128 Å². The van der Waals surface area contributed by atoms with Gasteiger partial charge in [-0.2, -0.15) is 0 Å². The number of hydrogen-bond donors (Lipinski definition) is 2. The largest absolute Gasteiger partial charge is 0.383 e. The number of anilines is 1. The monoisotopic (exact) mass is 972 g/mol. The lowest BCUT2D eigenvalue weighted by Crippen LogP contribution is -2.42. The first-order valence-corrected chi connectivity index (χ1v) is 24.3. The number of ether oxygens (including phenoxy) is 2. The number of nitrogens with two attached hydrogens (primary N) is 1. The number of nitrogens with one attached hydrogen (secondary N) is 1. The summed E-state index contributed by atoms with van der Waals surface area (Å²) in [6, 6.07) is 7.30. The van der Waals surface area contributed by atoms with E-state index in [0.29, 0.717) is 91.6 Å². The highest BCUT2D eigenvalue weighted by molar-refractivity contribution is 6.29. The quantitative estimate of drug-likeness (QED) is 0.0959. The third-order valence-corrected chi connectivity index (χ3v) is 12.4. The number of fused-ring (bicyclic) bond motifs is 2. The summed E-state index contributed by atoms with van der Waals surface area (Å²) >= 11 is 5.83. The van der Waals surface area contributed by atoms with Crippen LogP contribution in [0.15, 0.2) is 65.8 Å². The van der Waals surface area contributed by atoms with Crippen molar-refractivity contribution in [2.24, 2.45) is 15.7 Å². The number of likely N-dealkylation sites (tertiary alicyclic amines) is 2. The molecule has 21 heteroatoms. The second kappa shape index (κ2) is 25.5. The molecule has 3 N–H and O–H groups in total. The molecule has 2 amide bonds. The Bertz CT molecular complexity index is 2730. The first kappa shape index (κ1) is 52.3. The zero-order valence-electron chi connectivity index (χ0n) is 40.2. The molecule has 372 valence electrons. The summed E-state index contributed by atoms with van der Waals surface area (Å²) < 4.78 is 15.7. The summed E-state index contributed by atoms with van der Waals surface area (Å²) in [7, 11) is 3.09. The van der Waals surface area contributed by atoms with Crippen molar-refractivity contribution in [2.75, 3.05) is 72.0 Å². The summed E-state index contributed by atoms with van der Waals surface area (Å²) in [5.41, 5.74) is 8.15. The van der Waals surface area contributed by atoms with E-state index in [1.807, 2.05) is 41.8 Å². The highest BCUT2D eigenvalue weighted by Gasteiger charge is 2.28. The van der Waals surface area contributed by atoms with Gasteiger partial charge in [-0.1, -0.05) is 25.4 Å². The summed E-state index contributed by atoms with van der Waals surface area (Å²) in [5, 5.41) is 3.68. The molecule has 0 radical (unpaired) electrons. The van der Waals surface area contributed by atoms with Crippen molar-refractivity contribution in [1.82, 2.24) is 38.0 Å². The number of halogens is 1. The van der Waals surface area contributed by atoms with Crippen LogP contribution in [0.3, 0.4) is 0 Å². The van der Waals surface area contributed by atoms with Crippen molar-refractivity contribution in [3.8, 4) is 0 Å². The highest BCUT2D eigenvalue weighted by atomic mass is 35.5. The van der Waals surface area contributed by atoms with Crippen molar-refractivity contribution < 1.29 is 19.1 Å². The summed E-state index contributed by atoms with van der Waals surface area (Å²) in [6.07, 6.45) is 10.8. The van der Waals surface area contributed by atoms with Crippen LogP contribution >= 0.6 is 11.6 Å².